The molecule has 0 bridgehead atoms. The lowest BCUT2D eigenvalue weighted by molar-refractivity contribution is 0.0495. The molecule has 1 unspecified atom stereocenters. The summed E-state index contributed by atoms with van der Waals surface area (Å²) < 4.78 is 0. The number of phenols is 2. The normalized spacial score (nSPS) is 18.3. The highest BCUT2D eigenvalue weighted by Crippen LogP contribution is 2.35. The Morgan fingerprint density at radius 2 is 1.77 bits per heavy atom. The van der Waals surface area contributed by atoms with Crippen LogP contribution >= 0.6 is 0 Å². The van der Waals surface area contributed by atoms with Crippen molar-refractivity contribution < 1.29 is 15.0 Å². The number of hydrogen-bond donors (Lipinski definition) is 2. The number of amides is 1. The van der Waals surface area contributed by atoms with Gasteiger partial charge in [-0.25, -0.2) is 0 Å². The summed E-state index contributed by atoms with van der Waals surface area (Å²) in [5.41, 5.74) is 1.99. The number of likely N-dealkylation sites (N-methyl/N-ethyl adjacent to an activating group) is 1. The van der Waals surface area contributed by atoms with Gasteiger partial charge in [0.1, 0.15) is 11.5 Å². The Kier molecular flexibility index (Phi) is 5.18. The van der Waals surface area contributed by atoms with Gasteiger partial charge in [-0.1, -0.05) is 44.2 Å². The van der Waals surface area contributed by atoms with Crippen molar-refractivity contribution in [1.29, 1.82) is 0 Å². The molecule has 3 rings (SSSR count). The molecule has 1 aliphatic heterocycles. The minimum absolute atomic E-state index is 0.0204. The van der Waals surface area contributed by atoms with Gasteiger partial charge in [0.05, 0.1) is 11.6 Å². The van der Waals surface area contributed by atoms with Crippen LogP contribution in [0.3, 0.4) is 0 Å². The molecule has 1 heterocycles. The molecular weight excluding hydrogens is 328 g/mol. The fourth-order valence-corrected chi connectivity index (χ4v) is 3.51. The zero-order valence-corrected chi connectivity index (χ0v) is 15.5. The van der Waals surface area contributed by atoms with Gasteiger partial charge < -0.3 is 20.0 Å². The second kappa shape index (κ2) is 7.38. The number of piperazine rings is 1. The third-order valence-corrected chi connectivity index (χ3v) is 5.03. The first-order chi connectivity index (χ1) is 12.4. The Balaban J connectivity index is 1.98. The minimum atomic E-state index is -0.202. The van der Waals surface area contributed by atoms with Crippen LogP contribution in [-0.2, 0) is 0 Å². The van der Waals surface area contributed by atoms with E-state index in [4.69, 9.17) is 0 Å². The number of nitrogens with zero attached hydrogens (tertiary/aromatic N) is 2. The molecule has 1 aliphatic rings. The summed E-state index contributed by atoms with van der Waals surface area (Å²) in [7, 11) is 2.05. The van der Waals surface area contributed by atoms with E-state index >= 15 is 0 Å². The lowest BCUT2D eigenvalue weighted by Gasteiger charge is -2.40. The Bertz CT molecular complexity index is 789. The number of hydrogen-bond acceptors (Lipinski definition) is 4. The Labute approximate surface area is 154 Å². The van der Waals surface area contributed by atoms with Crippen molar-refractivity contribution in [2.75, 3.05) is 26.7 Å². The van der Waals surface area contributed by atoms with E-state index in [-0.39, 0.29) is 34.9 Å². The molecule has 2 aromatic rings. The predicted octanol–water partition coefficient (Wildman–Crippen LogP) is 3.35. The third kappa shape index (κ3) is 3.53. The monoisotopic (exact) mass is 354 g/mol. The first-order valence-electron chi connectivity index (χ1n) is 8.98. The molecule has 26 heavy (non-hydrogen) atoms. The van der Waals surface area contributed by atoms with E-state index in [1.165, 1.54) is 6.07 Å². The summed E-state index contributed by atoms with van der Waals surface area (Å²) in [6, 6.07) is 12.8. The number of phenolic OH excluding ortho intramolecular Hbond substituents is 2. The van der Waals surface area contributed by atoms with E-state index in [0.29, 0.717) is 12.1 Å². The van der Waals surface area contributed by atoms with Crippen molar-refractivity contribution in [3.63, 3.8) is 0 Å². The lowest BCUT2D eigenvalue weighted by atomic mass is 9.96. The van der Waals surface area contributed by atoms with E-state index in [1.54, 1.807) is 6.07 Å². The Morgan fingerprint density at radius 1 is 1.08 bits per heavy atom. The van der Waals surface area contributed by atoms with Crippen LogP contribution in [0, 0.1) is 0 Å². The largest absolute Gasteiger partial charge is 0.508 e. The highest BCUT2D eigenvalue weighted by Gasteiger charge is 2.32. The van der Waals surface area contributed by atoms with Crippen molar-refractivity contribution in [1.82, 2.24) is 9.80 Å². The van der Waals surface area contributed by atoms with Crippen molar-refractivity contribution in [3.05, 3.63) is 59.2 Å². The molecule has 0 spiro atoms. The van der Waals surface area contributed by atoms with Crippen molar-refractivity contribution in [3.8, 4) is 11.5 Å². The maximum atomic E-state index is 13.3. The second-order valence-electron chi connectivity index (χ2n) is 7.27. The van der Waals surface area contributed by atoms with Crippen LogP contribution in [0.5, 0.6) is 11.5 Å². The summed E-state index contributed by atoms with van der Waals surface area (Å²) in [6.45, 7) is 6.01. The van der Waals surface area contributed by atoms with Gasteiger partial charge >= 0.3 is 0 Å². The van der Waals surface area contributed by atoms with Gasteiger partial charge in [0.2, 0.25) is 0 Å². The molecule has 0 saturated carbocycles. The molecule has 138 valence electrons. The molecule has 0 aromatic heterocycles. The maximum absolute atomic E-state index is 13.3. The van der Waals surface area contributed by atoms with Crippen molar-refractivity contribution in [2.24, 2.45) is 0 Å². The van der Waals surface area contributed by atoms with Crippen molar-refractivity contribution >= 4 is 5.91 Å². The van der Waals surface area contributed by atoms with E-state index in [9.17, 15) is 15.0 Å². The molecular formula is C21H26N2O3. The summed E-state index contributed by atoms with van der Waals surface area (Å²) in [5.74, 6) is -0.305. The number of aromatic hydroxyl groups is 2. The van der Waals surface area contributed by atoms with Gasteiger partial charge in [-0.05, 0) is 30.2 Å². The highest BCUT2D eigenvalue weighted by molar-refractivity contribution is 5.97. The number of rotatable bonds is 3. The standard InChI is InChI=1S/C21H26N2O3/c1-14(2)16-11-17(20(25)12-19(16)24)21(26)23-10-9-22(3)13-18(23)15-7-5-4-6-8-15/h4-8,11-12,14,18,24-25H,9-10,13H2,1-3H3. The van der Waals surface area contributed by atoms with Gasteiger partial charge in [0.25, 0.3) is 5.91 Å². The lowest BCUT2D eigenvalue weighted by Crippen LogP contribution is -2.49. The molecule has 1 saturated heterocycles. The van der Waals surface area contributed by atoms with Crippen LogP contribution in [0.2, 0.25) is 0 Å². The summed E-state index contributed by atoms with van der Waals surface area (Å²) in [5, 5.41) is 20.3. The van der Waals surface area contributed by atoms with Crippen molar-refractivity contribution in [2.45, 2.75) is 25.8 Å². The molecule has 2 N–H and O–H groups in total. The topological polar surface area (TPSA) is 64.0 Å². The van der Waals surface area contributed by atoms with E-state index in [0.717, 1.165) is 18.7 Å². The second-order valence-corrected chi connectivity index (χ2v) is 7.27. The SMILES string of the molecule is CC(C)c1cc(C(=O)N2CCN(C)CC2c2ccccc2)c(O)cc1O. The van der Waals surface area contributed by atoms with Crippen LogP contribution in [0.15, 0.2) is 42.5 Å². The molecule has 1 atom stereocenters. The van der Waals surface area contributed by atoms with E-state index in [1.807, 2.05) is 56.1 Å². The number of carbonyl (C=O) groups is 1. The molecule has 5 nitrogen and oxygen atoms in total. The van der Waals surface area contributed by atoms with Crippen LogP contribution < -0.4 is 0 Å². The fourth-order valence-electron chi connectivity index (χ4n) is 3.51. The molecule has 0 aliphatic carbocycles. The quantitative estimate of drug-likeness (QED) is 0.887. The van der Waals surface area contributed by atoms with Gasteiger partial charge in [0.15, 0.2) is 0 Å². The average Bonchev–Trinajstić information content (AvgIpc) is 2.61. The molecule has 1 amide bonds. The van der Waals surface area contributed by atoms with E-state index < -0.39 is 0 Å². The number of benzene rings is 2. The van der Waals surface area contributed by atoms with Crippen LogP contribution in [0.25, 0.3) is 0 Å². The minimum Gasteiger partial charge on any atom is -0.508 e. The first-order valence-corrected chi connectivity index (χ1v) is 8.98. The Hall–Kier alpha value is -2.53. The highest BCUT2D eigenvalue weighted by atomic mass is 16.3. The van der Waals surface area contributed by atoms with Gasteiger partial charge in [-0.2, -0.15) is 0 Å². The van der Waals surface area contributed by atoms with Crippen LogP contribution in [0.4, 0.5) is 0 Å². The van der Waals surface area contributed by atoms with E-state index in [2.05, 4.69) is 4.90 Å². The molecule has 1 fully saturated rings. The van der Waals surface area contributed by atoms with Gasteiger partial charge in [0, 0.05) is 25.7 Å². The summed E-state index contributed by atoms with van der Waals surface area (Å²) >= 11 is 0. The molecule has 2 aromatic carbocycles. The first kappa shape index (κ1) is 18.3. The summed E-state index contributed by atoms with van der Waals surface area (Å²) in [4.78, 5) is 17.3. The van der Waals surface area contributed by atoms with Crippen LogP contribution in [0.1, 0.15) is 47.3 Å². The van der Waals surface area contributed by atoms with Crippen LogP contribution in [-0.4, -0.2) is 52.6 Å². The predicted molar refractivity (Wildman–Crippen MR) is 102 cm³/mol. The Morgan fingerprint density at radius 3 is 2.42 bits per heavy atom. The molecule has 0 radical (unpaired) electrons. The third-order valence-electron chi connectivity index (χ3n) is 5.03. The van der Waals surface area contributed by atoms with Gasteiger partial charge in [-0.3, -0.25) is 4.79 Å². The smallest absolute Gasteiger partial charge is 0.258 e. The average molecular weight is 354 g/mol. The summed E-state index contributed by atoms with van der Waals surface area (Å²) in [6.07, 6.45) is 0. The zero-order chi connectivity index (χ0) is 18.8. The molecule has 5 heteroatoms. The fraction of sp³-hybridized carbons (Fsp3) is 0.381. The number of carbonyl (C=O) groups excluding carboxylic acids is 1. The van der Waals surface area contributed by atoms with Gasteiger partial charge in [-0.15, -0.1) is 0 Å². The maximum Gasteiger partial charge on any atom is 0.258 e. The zero-order valence-electron chi connectivity index (χ0n) is 15.5.